The highest BCUT2D eigenvalue weighted by Gasteiger charge is 2.19. The van der Waals surface area contributed by atoms with Crippen molar-refractivity contribution in [3.63, 3.8) is 0 Å². The van der Waals surface area contributed by atoms with Gasteiger partial charge in [-0.2, -0.15) is 0 Å². The summed E-state index contributed by atoms with van der Waals surface area (Å²) >= 11 is 0. The van der Waals surface area contributed by atoms with E-state index in [2.05, 4.69) is 29.1 Å². The summed E-state index contributed by atoms with van der Waals surface area (Å²) < 4.78 is 4.98. The van der Waals surface area contributed by atoms with E-state index in [1.54, 1.807) is 0 Å². The van der Waals surface area contributed by atoms with E-state index in [4.69, 9.17) is 10.5 Å². The molecule has 0 aromatic heterocycles. The number of rotatable bonds is 17. The minimum atomic E-state index is -1.05. The largest absolute Gasteiger partial charge is 0.480 e. The molecule has 0 aromatic rings. The summed E-state index contributed by atoms with van der Waals surface area (Å²) in [6, 6.07) is -1.69. The summed E-state index contributed by atoms with van der Waals surface area (Å²) in [5.41, 5.74) is 5.75. The number of hydrogen-bond donors (Lipinski definition) is 5. The molecule has 0 aromatic carbocycles. The lowest BCUT2D eigenvalue weighted by atomic mass is 10.1. The van der Waals surface area contributed by atoms with E-state index in [1.165, 1.54) is 12.2 Å². The summed E-state index contributed by atoms with van der Waals surface area (Å²) in [4.78, 5) is 45.1. The van der Waals surface area contributed by atoms with Gasteiger partial charge in [0.2, 0.25) is 11.8 Å². The Kier molecular flexibility index (Phi) is 14.7. The van der Waals surface area contributed by atoms with Crippen LogP contribution < -0.4 is 21.7 Å². The van der Waals surface area contributed by atoms with E-state index in [0.29, 0.717) is 51.6 Å². The number of ether oxygens (including phenoxy) is 1. The molecule has 2 atom stereocenters. The van der Waals surface area contributed by atoms with Gasteiger partial charge in [-0.05, 0) is 50.7 Å². The minimum Gasteiger partial charge on any atom is -0.480 e. The Morgan fingerprint density at radius 1 is 0.931 bits per heavy atom. The number of aliphatic carboxylic acids is 1. The zero-order valence-electron chi connectivity index (χ0n) is 16.7. The molecule has 0 bridgehead atoms. The van der Waals surface area contributed by atoms with Crippen molar-refractivity contribution in [2.75, 3.05) is 19.8 Å². The van der Waals surface area contributed by atoms with Crippen molar-refractivity contribution >= 4 is 23.8 Å². The summed E-state index contributed by atoms with van der Waals surface area (Å²) in [5.74, 6) is -2.21. The van der Waals surface area contributed by atoms with E-state index < -0.39 is 24.0 Å². The topological polar surface area (TPSA) is 160 Å². The van der Waals surface area contributed by atoms with Gasteiger partial charge in [0.1, 0.15) is 18.8 Å². The first-order chi connectivity index (χ1) is 13.8. The van der Waals surface area contributed by atoms with Gasteiger partial charge in [0, 0.05) is 13.1 Å². The fourth-order valence-corrected chi connectivity index (χ4v) is 2.28. The first-order valence-electron chi connectivity index (χ1n) is 9.50. The van der Waals surface area contributed by atoms with Crippen LogP contribution in [0, 0.1) is 0 Å². The number of hydrogen-bond acceptors (Lipinski definition) is 7. The van der Waals surface area contributed by atoms with Gasteiger partial charge in [-0.1, -0.05) is 13.2 Å². The third kappa shape index (κ3) is 14.0. The lowest BCUT2D eigenvalue weighted by molar-refractivity contribution is -0.149. The van der Waals surface area contributed by atoms with Crippen LogP contribution in [0.25, 0.3) is 0 Å². The molecule has 0 unspecified atom stereocenters. The standard InChI is InChI=1S/C19H32N4O6/c1-3-16(24)21-11-7-5-9-14(20)19(28)29-13-23-15(18(26)27)10-6-8-12-22-17(25)4-2/h3-4,14-15,23H,1-2,5-13,20H2,(H,21,24)(H,22,25)(H,26,27)/t14-,15-/m0/s1. The molecule has 0 rings (SSSR count). The third-order valence-corrected chi connectivity index (χ3v) is 3.98. The van der Waals surface area contributed by atoms with Gasteiger partial charge >= 0.3 is 11.9 Å². The van der Waals surface area contributed by atoms with Crippen molar-refractivity contribution in [2.45, 2.75) is 50.6 Å². The zero-order valence-corrected chi connectivity index (χ0v) is 16.7. The Labute approximate surface area is 170 Å². The fraction of sp³-hybridized carbons (Fsp3) is 0.579. The summed E-state index contributed by atoms with van der Waals surface area (Å²) in [6.07, 6.45) is 5.53. The molecule has 0 aliphatic heterocycles. The van der Waals surface area contributed by atoms with Gasteiger partial charge in [-0.15, -0.1) is 0 Å². The highest BCUT2D eigenvalue weighted by Crippen LogP contribution is 2.03. The first-order valence-corrected chi connectivity index (χ1v) is 9.50. The molecular formula is C19H32N4O6. The summed E-state index contributed by atoms with van der Waals surface area (Å²) in [5, 5.41) is 17.1. The Balaban J connectivity index is 3.95. The number of esters is 1. The molecule has 0 heterocycles. The Morgan fingerprint density at radius 2 is 1.45 bits per heavy atom. The van der Waals surface area contributed by atoms with Crippen LogP contribution in [0.1, 0.15) is 38.5 Å². The third-order valence-electron chi connectivity index (χ3n) is 3.98. The number of carbonyl (C=O) groups is 4. The molecule has 10 nitrogen and oxygen atoms in total. The van der Waals surface area contributed by atoms with Crippen molar-refractivity contribution in [1.29, 1.82) is 0 Å². The lowest BCUT2D eigenvalue weighted by Gasteiger charge is -2.16. The summed E-state index contributed by atoms with van der Waals surface area (Å²) in [7, 11) is 0. The predicted octanol–water partition coefficient (Wildman–Crippen LogP) is -0.198. The monoisotopic (exact) mass is 412 g/mol. The van der Waals surface area contributed by atoms with Crippen molar-refractivity contribution in [2.24, 2.45) is 5.73 Å². The zero-order chi connectivity index (χ0) is 22.1. The molecule has 0 aliphatic carbocycles. The van der Waals surface area contributed by atoms with Crippen LogP contribution in [0.3, 0.4) is 0 Å². The maximum Gasteiger partial charge on any atom is 0.324 e. The SMILES string of the molecule is C=CC(=O)NCCCC[C@H](NCOC(=O)[C@@H](N)CCCCNC(=O)C=C)C(=O)O. The van der Waals surface area contributed by atoms with Gasteiger partial charge in [-0.3, -0.25) is 24.5 Å². The smallest absolute Gasteiger partial charge is 0.324 e. The molecule has 0 saturated carbocycles. The number of unbranched alkanes of at least 4 members (excludes halogenated alkanes) is 2. The maximum atomic E-state index is 11.8. The van der Waals surface area contributed by atoms with E-state index in [-0.39, 0.29) is 18.5 Å². The van der Waals surface area contributed by atoms with E-state index in [1.807, 2.05) is 0 Å². The van der Waals surface area contributed by atoms with Crippen LogP contribution in [-0.2, 0) is 23.9 Å². The van der Waals surface area contributed by atoms with E-state index in [9.17, 15) is 24.3 Å². The second-order valence-corrected chi connectivity index (χ2v) is 6.29. The predicted molar refractivity (Wildman–Crippen MR) is 108 cm³/mol. The Bertz CT molecular complexity index is 567. The molecule has 10 heteroatoms. The number of carboxylic acid groups (broad SMARTS) is 1. The fourth-order valence-electron chi connectivity index (χ4n) is 2.28. The second-order valence-electron chi connectivity index (χ2n) is 6.29. The molecule has 0 fully saturated rings. The van der Waals surface area contributed by atoms with Crippen LogP contribution in [0.4, 0.5) is 0 Å². The quantitative estimate of drug-likeness (QED) is 0.0950. The van der Waals surface area contributed by atoms with E-state index in [0.717, 1.165) is 0 Å². The Hall–Kier alpha value is -2.72. The number of nitrogens with two attached hydrogens (primary N) is 1. The molecule has 0 saturated heterocycles. The van der Waals surface area contributed by atoms with Crippen LogP contribution in [0.5, 0.6) is 0 Å². The molecule has 29 heavy (non-hydrogen) atoms. The van der Waals surface area contributed by atoms with Crippen molar-refractivity contribution < 1.29 is 29.0 Å². The molecule has 164 valence electrons. The highest BCUT2D eigenvalue weighted by atomic mass is 16.5. The Morgan fingerprint density at radius 3 is 1.93 bits per heavy atom. The van der Waals surface area contributed by atoms with E-state index >= 15 is 0 Å². The van der Waals surface area contributed by atoms with Crippen LogP contribution >= 0.6 is 0 Å². The molecule has 0 aliphatic rings. The normalized spacial score (nSPS) is 12.3. The molecule has 6 N–H and O–H groups in total. The number of carbonyl (C=O) groups excluding carboxylic acids is 3. The van der Waals surface area contributed by atoms with Crippen molar-refractivity contribution in [3.8, 4) is 0 Å². The van der Waals surface area contributed by atoms with Gasteiger partial charge < -0.3 is 26.2 Å². The minimum absolute atomic E-state index is 0.255. The average Bonchev–Trinajstić information content (AvgIpc) is 2.70. The number of nitrogens with one attached hydrogen (secondary N) is 3. The number of amides is 2. The van der Waals surface area contributed by atoms with Crippen molar-refractivity contribution in [3.05, 3.63) is 25.3 Å². The number of carboxylic acids is 1. The van der Waals surface area contributed by atoms with Gasteiger partial charge in [0.15, 0.2) is 0 Å². The van der Waals surface area contributed by atoms with Gasteiger partial charge in [0.25, 0.3) is 0 Å². The molecule has 0 spiro atoms. The average molecular weight is 412 g/mol. The highest BCUT2D eigenvalue weighted by molar-refractivity contribution is 5.87. The van der Waals surface area contributed by atoms with Crippen molar-refractivity contribution in [1.82, 2.24) is 16.0 Å². The maximum absolute atomic E-state index is 11.8. The van der Waals surface area contributed by atoms with Gasteiger partial charge in [0.05, 0.1) is 0 Å². The van der Waals surface area contributed by atoms with Crippen LogP contribution in [0.15, 0.2) is 25.3 Å². The molecular weight excluding hydrogens is 380 g/mol. The summed E-state index contributed by atoms with van der Waals surface area (Å²) in [6.45, 7) is 7.31. The second kappa shape index (κ2) is 16.3. The molecule has 2 amide bonds. The first kappa shape index (κ1) is 26.3. The molecule has 0 radical (unpaired) electrons. The lowest BCUT2D eigenvalue weighted by Crippen LogP contribution is -2.41. The van der Waals surface area contributed by atoms with Crippen LogP contribution in [-0.4, -0.2) is 60.8 Å². The van der Waals surface area contributed by atoms with Gasteiger partial charge in [-0.25, -0.2) is 0 Å². The van der Waals surface area contributed by atoms with Crippen LogP contribution in [0.2, 0.25) is 0 Å².